The number of oxazole rings is 1. The molecule has 0 N–H and O–H groups in total. The van der Waals surface area contributed by atoms with Gasteiger partial charge < -0.3 is 9.32 Å². The van der Waals surface area contributed by atoms with E-state index in [9.17, 15) is 9.18 Å². The van der Waals surface area contributed by atoms with Crippen LogP contribution < -0.4 is 4.90 Å². The van der Waals surface area contributed by atoms with Gasteiger partial charge in [0.1, 0.15) is 17.0 Å². The van der Waals surface area contributed by atoms with Crippen LogP contribution in [0.4, 0.5) is 10.1 Å². The summed E-state index contributed by atoms with van der Waals surface area (Å²) < 4.78 is 19.5. The van der Waals surface area contributed by atoms with Gasteiger partial charge in [0.05, 0.1) is 24.0 Å². The van der Waals surface area contributed by atoms with Crippen molar-refractivity contribution in [2.45, 2.75) is 31.7 Å². The minimum Gasteiger partial charge on any atom is -0.440 e. The zero-order valence-corrected chi connectivity index (χ0v) is 16.4. The van der Waals surface area contributed by atoms with Gasteiger partial charge in [-0.2, -0.15) is 10.2 Å². The Hall–Kier alpha value is -3.55. The van der Waals surface area contributed by atoms with Crippen LogP contribution >= 0.6 is 0 Å². The van der Waals surface area contributed by atoms with Crippen molar-refractivity contribution in [2.75, 3.05) is 11.4 Å². The molecule has 1 saturated heterocycles. The molecule has 0 aliphatic carbocycles. The van der Waals surface area contributed by atoms with Crippen LogP contribution in [-0.4, -0.2) is 38.9 Å². The molecule has 2 aromatic heterocycles. The Labute approximate surface area is 172 Å². The second-order valence-electron chi connectivity index (χ2n) is 7.59. The average Bonchev–Trinajstić information content (AvgIpc) is 3.43. The molecule has 0 radical (unpaired) electrons. The number of hydrogen-bond donors (Lipinski definition) is 0. The third kappa shape index (κ3) is 3.14. The number of piperidine rings is 1. The first-order chi connectivity index (χ1) is 14.6. The van der Waals surface area contributed by atoms with Crippen molar-refractivity contribution < 1.29 is 13.6 Å². The summed E-state index contributed by atoms with van der Waals surface area (Å²) in [6.45, 7) is 2.82. The second-order valence-corrected chi connectivity index (χ2v) is 7.59. The Morgan fingerprint density at radius 2 is 2.00 bits per heavy atom. The van der Waals surface area contributed by atoms with Gasteiger partial charge in [-0.3, -0.25) is 4.79 Å². The van der Waals surface area contributed by atoms with Gasteiger partial charge in [-0.25, -0.2) is 9.37 Å². The van der Waals surface area contributed by atoms with E-state index in [-0.39, 0.29) is 17.8 Å². The summed E-state index contributed by atoms with van der Waals surface area (Å²) in [5, 5.41) is 8.49. The number of rotatable bonds is 4. The summed E-state index contributed by atoms with van der Waals surface area (Å²) in [4.78, 5) is 20.0. The monoisotopic (exact) mass is 405 g/mol. The van der Waals surface area contributed by atoms with Gasteiger partial charge in [0.15, 0.2) is 17.8 Å². The maximum absolute atomic E-state index is 13.5. The van der Waals surface area contributed by atoms with Crippen LogP contribution in [0.1, 0.15) is 41.9 Å². The molecule has 7 nitrogen and oxygen atoms in total. The van der Waals surface area contributed by atoms with Gasteiger partial charge >= 0.3 is 0 Å². The van der Waals surface area contributed by atoms with E-state index >= 15 is 0 Å². The minimum atomic E-state index is -0.330. The zero-order valence-electron chi connectivity index (χ0n) is 16.4. The molecule has 1 fully saturated rings. The molecule has 2 aromatic carbocycles. The summed E-state index contributed by atoms with van der Waals surface area (Å²) >= 11 is 0. The van der Waals surface area contributed by atoms with Crippen LogP contribution in [0.5, 0.6) is 0 Å². The first kappa shape index (κ1) is 18.5. The number of benzene rings is 2. The van der Waals surface area contributed by atoms with Crippen LogP contribution in [-0.2, 0) is 0 Å². The van der Waals surface area contributed by atoms with E-state index in [0.717, 1.165) is 24.8 Å². The molecule has 1 aliphatic rings. The van der Waals surface area contributed by atoms with Gasteiger partial charge in [0.25, 0.3) is 0 Å². The fourth-order valence-electron chi connectivity index (χ4n) is 4.16. The van der Waals surface area contributed by atoms with Gasteiger partial charge in [-0.05, 0) is 44.0 Å². The van der Waals surface area contributed by atoms with Crippen molar-refractivity contribution in [3.05, 3.63) is 66.1 Å². The summed E-state index contributed by atoms with van der Waals surface area (Å²) in [5.41, 5.74) is 3.18. The van der Waals surface area contributed by atoms with Crippen LogP contribution in [0.15, 0.2) is 53.2 Å². The van der Waals surface area contributed by atoms with E-state index in [1.807, 2.05) is 12.1 Å². The van der Waals surface area contributed by atoms with Crippen molar-refractivity contribution >= 4 is 23.1 Å². The number of para-hydroxylation sites is 1. The molecule has 152 valence electrons. The Bertz CT molecular complexity index is 1200. The lowest BCUT2D eigenvalue weighted by molar-refractivity contribution is 0.112. The van der Waals surface area contributed by atoms with Gasteiger partial charge in [0, 0.05) is 24.2 Å². The van der Waals surface area contributed by atoms with E-state index in [0.29, 0.717) is 34.8 Å². The molecule has 0 amide bonds. The number of halogens is 1. The smallest absolute Gasteiger partial charge is 0.200 e. The number of nitrogens with zero attached hydrogens (tertiary/aromatic N) is 5. The predicted octanol–water partition coefficient (Wildman–Crippen LogP) is 4.13. The number of carbonyl (C=O) groups excluding carboxylic acids is 1. The quantitative estimate of drug-likeness (QED) is 0.475. The molecule has 4 aromatic rings. The van der Waals surface area contributed by atoms with Crippen LogP contribution in [0.25, 0.3) is 16.8 Å². The summed E-state index contributed by atoms with van der Waals surface area (Å²) in [6.07, 6.45) is 5.84. The van der Waals surface area contributed by atoms with Crippen LogP contribution in [0.2, 0.25) is 0 Å². The lowest BCUT2D eigenvalue weighted by atomic mass is 9.92. The predicted molar refractivity (Wildman–Crippen MR) is 109 cm³/mol. The second kappa shape index (κ2) is 7.37. The third-order valence-electron chi connectivity index (χ3n) is 5.70. The fraction of sp³-hybridized carbons (Fsp3) is 0.273. The van der Waals surface area contributed by atoms with E-state index in [2.05, 4.69) is 27.0 Å². The molecular formula is C22H20FN5O2. The van der Waals surface area contributed by atoms with Crippen molar-refractivity contribution in [1.82, 2.24) is 20.0 Å². The molecular weight excluding hydrogens is 385 g/mol. The zero-order chi connectivity index (χ0) is 20.7. The molecule has 0 saturated carbocycles. The SMILES string of the molecule is C[C@@H]1CC[C@@H](c2nc3cc(F)ccc3o2)CN1c1cccc(C=O)c1-n1nccn1. The number of hydrogen-bond acceptors (Lipinski definition) is 6. The molecule has 8 heteroatoms. The summed E-state index contributed by atoms with van der Waals surface area (Å²) in [6, 6.07) is 10.2. The number of carbonyl (C=O) groups is 1. The fourth-order valence-corrected chi connectivity index (χ4v) is 4.16. The Morgan fingerprint density at radius 1 is 1.17 bits per heavy atom. The van der Waals surface area contributed by atoms with Crippen LogP contribution in [0, 0.1) is 5.82 Å². The van der Waals surface area contributed by atoms with Gasteiger partial charge in [-0.1, -0.05) is 6.07 Å². The summed E-state index contributed by atoms with van der Waals surface area (Å²) in [7, 11) is 0. The first-order valence-corrected chi connectivity index (χ1v) is 9.91. The number of fused-ring (bicyclic) bond motifs is 1. The molecule has 2 atom stereocenters. The summed E-state index contributed by atoms with van der Waals surface area (Å²) in [5.74, 6) is 0.330. The Morgan fingerprint density at radius 3 is 2.80 bits per heavy atom. The Balaban J connectivity index is 1.54. The minimum absolute atomic E-state index is 0.0509. The highest BCUT2D eigenvalue weighted by atomic mass is 19.1. The van der Waals surface area contributed by atoms with E-state index in [4.69, 9.17) is 4.42 Å². The van der Waals surface area contributed by atoms with Crippen LogP contribution in [0.3, 0.4) is 0 Å². The van der Waals surface area contributed by atoms with Gasteiger partial charge in [-0.15, -0.1) is 4.80 Å². The maximum atomic E-state index is 13.5. The largest absolute Gasteiger partial charge is 0.440 e. The first-order valence-electron chi connectivity index (χ1n) is 9.91. The number of aromatic nitrogens is 4. The highest BCUT2D eigenvalue weighted by Crippen LogP contribution is 2.37. The van der Waals surface area contributed by atoms with Crippen molar-refractivity contribution in [3.63, 3.8) is 0 Å². The lowest BCUT2D eigenvalue weighted by Gasteiger charge is -2.39. The number of aldehydes is 1. The molecule has 0 bridgehead atoms. The van der Waals surface area contributed by atoms with Crippen molar-refractivity contribution in [3.8, 4) is 5.69 Å². The molecule has 3 heterocycles. The highest BCUT2D eigenvalue weighted by molar-refractivity contribution is 5.86. The van der Waals surface area contributed by atoms with Crippen molar-refractivity contribution in [2.24, 2.45) is 0 Å². The molecule has 0 spiro atoms. The molecule has 30 heavy (non-hydrogen) atoms. The molecule has 1 aliphatic heterocycles. The standard InChI is InChI=1S/C22H20FN5O2/c1-14-5-6-15(22-26-18-11-17(23)7-8-20(18)30-22)12-27(14)19-4-2-3-16(13-29)21(19)28-24-9-10-25-28/h2-4,7-11,13-15H,5-6,12H2,1H3/t14-,15-/m1/s1. The normalized spacial score (nSPS) is 19.3. The third-order valence-corrected chi connectivity index (χ3v) is 5.70. The average molecular weight is 405 g/mol. The maximum Gasteiger partial charge on any atom is 0.200 e. The lowest BCUT2D eigenvalue weighted by Crippen LogP contribution is -2.41. The van der Waals surface area contributed by atoms with E-state index in [1.165, 1.54) is 16.9 Å². The topological polar surface area (TPSA) is 77.0 Å². The van der Waals surface area contributed by atoms with E-state index < -0.39 is 0 Å². The Kier molecular flexibility index (Phi) is 4.54. The molecule has 0 unspecified atom stereocenters. The number of anilines is 1. The van der Waals surface area contributed by atoms with Crippen molar-refractivity contribution in [1.29, 1.82) is 0 Å². The highest BCUT2D eigenvalue weighted by Gasteiger charge is 2.32. The van der Waals surface area contributed by atoms with Gasteiger partial charge in [0.2, 0.25) is 0 Å². The molecule has 5 rings (SSSR count). The van der Waals surface area contributed by atoms with E-state index in [1.54, 1.807) is 24.5 Å².